The Labute approximate surface area is 168 Å². The summed E-state index contributed by atoms with van der Waals surface area (Å²) in [5.74, 6) is -0.00467. The number of hydrogen-bond donors (Lipinski definition) is 1. The van der Waals surface area contributed by atoms with Crippen LogP contribution in [0.3, 0.4) is 0 Å². The number of methoxy groups -OCH3 is 1. The highest BCUT2D eigenvalue weighted by atomic mass is 32.1. The van der Waals surface area contributed by atoms with E-state index in [1.165, 1.54) is 15.9 Å². The summed E-state index contributed by atoms with van der Waals surface area (Å²) in [6, 6.07) is 7.34. The van der Waals surface area contributed by atoms with Crippen LogP contribution >= 0.6 is 11.3 Å². The molecule has 6 nitrogen and oxygen atoms in total. The van der Waals surface area contributed by atoms with E-state index in [1.807, 2.05) is 45.0 Å². The van der Waals surface area contributed by atoms with Crippen molar-refractivity contribution in [3.05, 3.63) is 50.9 Å². The van der Waals surface area contributed by atoms with E-state index in [0.29, 0.717) is 35.5 Å². The predicted molar refractivity (Wildman–Crippen MR) is 113 cm³/mol. The number of thiophene rings is 1. The lowest BCUT2D eigenvalue weighted by Crippen LogP contribution is -2.36. The van der Waals surface area contributed by atoms with Gasteiger partial charge in [-0.25, -0.2) is 4.98 Å². The second-order valence-electron chi connectivity index (χ2n) is 6.85. The maximum atomic E-state index is 13.6. The van der Waals surface area contributed by atoms with Crippen LogP contribution in [-0.2, 0) is 16.0 Å². The molecule has 0 fully saturated rings. The third-order valence-electron chi connectivity index (χ3n) is 4.90. The first-order valence-electron chi connectivity index (χ1n) is 9.28. The molecule has 7 heteroatoms. The maximum Gasteiger partial charge on any atom is 0.263 e. The normalized spacial score (nSPS) is 12.4. The number of amides is 1. The lowest BCUT2D eigenvalue weighted by molar-refractivity contribution is -0.121. The first-order valence-corrected chi connectivity index (χ1v) is 10.1. The van der Waals surface area contributed by atoms with Gasteiger partial charge in [0.25, 0.3) is 5.56 Å². The van der Waals surface area contributed by atoms with Crippen LogP contribution in [0.1, 0.15) is 35.7 Å². The number of aromatic nitrogens is 2. The molecule has 0 saturated carbocycles. The van der Waals surface area contributed by atoms with Gasteiger partial charge in [-0.15, -0.1) is 11.3 Å². The van der Waals surface area contributed by atoms with E-state index in [0.717, 1.165) is 21.6 Å². The van der Waals surface area contributed by atoms with Crippen LogP contribution in [0.25, 0.3) is 21.3 Å². The van der Waals surface area contributed by atoms with Gasteiger partial charge in [-0.2, -0.15) is 0 Å². The fourth-order valence-electron chi connectivity index (χ4n) is 3.49. The van der Waals surface area contributed by atoms with Gasteiger partial charge in [0.05, 0.1) is 12.0 Å². The molecular weight excluding hydrogens is 374 g/mol. The molecule has 0 aliphatic carbocycles. The number of hydrogen-bond acceptors (Lipinski definition) is 5. The molecule has 0 aliphatic heterocycles. The van der Waals surface area contributed by atoms with Crippen molar-refractivity contribution in [3.8, 4) is 11.1 Å². The number of carbonyl (C=O) groups is 1. The van der Waals surface area contributed by atoms with Gasteiger partial charge >= 0.3 is 0 Å². The minimum atomic E-state index is -0.734. The smallest absolute Gasteiger partial charge is 0.263 e. The molecule has 1 unspecified atom stereocenters. The van der Waals surface area contributed by atoms with Crippen molar-refractivity contribution in [2.75, 3.05) is 13.7 Å². The van der Waals surface area contributed by atoms with Gasteiger partial charge in [0.1, 0.15) is 16.7 Å². The first-order chi connectivity index (χ1) is 13.4. The molecule has 0 radical (unpaired) electrons. The Hall–Kier alpha value is -2.51. The molecule has 1 aromatic carbocycles. The summed E-state index contributed by atoms with van der Waals surface area (Å²) in [6.07, 6.45) is 0.855. The molecule has 28 heavy (non-hydrogen) atoms. The van der Waals surface area contributed by atoms with Crippen LogP contribution in [0.4, 0.5) is 0 Å². The zero-order valence-corrected chi connectivity index (χ0v) is 17.4. The van der Waals surface area contributed by atoms with E-state index < -0.39 is 11.9 Å². The Morgan fingerprint density at radius 2 is 1.96 bits per heavy atom. The van der Waals surface area contributed by atoms with E-state index in [9.17, 15) is 9.59 Å². The minimum Gasteiger partial charge on any atom is -0.384 e. The number of ether oxygens (including phenoxy) is 1. The van der Waals surface area contributed by atoms with Crippen LogP contribution in [0.2, 0.25) is 0 Å². The Kier molecular flexibility index (Phi) is 5.96. The van der Waals surface area contributed by atoms with Crippen LogP contribution < -0.4 is 11.3 Å². The second kappa shape index (κ2) is 8.24. The Morgan fingerprint density at radius 3 is 2.54 bits per heavy atom. The number of benzene rings is 1. The van der Waals surface area contributed by atoms with Crippen LogP contribution in [-0.4, -0.2) is 29.2 Å². The highest BCUT2D eigenvalue weighted by Crippen LogP contribution is 2.36. The van der Waals surface area contributed by atoms with Gasteiger partial charge in [0.2, 0.25) is 5.91 Å². The van der Waals surface area contributed by atoms with Crippen LogP contribution in [0.5, 0.6) is 0 Å². The summed E-state index contributed by atoms with van der Waals surface area (Å²) in [7, 11) is 1.59. The van der Waals surface area contributed by atoms with Gasteiger partial charge < -0.3 is 10.5 Å². The minimum absolute atomic E-state index is 0.221. The highest BCUT2D eigenvalue weighted by molar-refractivity contribution is 7.19. The summed E-state index contributed by atoms with van der Waals surface area (Å²) in [4.78, 5) is 32.1. The fourth-order valence-corrected chi connectivity index (χ4v) is 4.54. The zero-order valence-electron chi connectivity index (χ0n) is 16.6. The largest absolute Gasteiger partial charge is 0.384 e. The molecular formula is C21H25N3O3S. The average molecular weight is 400 g/mol. The van der Waals surface area contributed by atoms with Crippen molar-refractivity contribution in [2.45, 2.75) is 39.7 Å². The van der Waals surface area contributed by atoms with Gasteiger partial charge in [0.15, 0.2) is 0 Å². The molecule has 148 valence electrons. The molecule has 0 saturated heterocycles. The Morgan fingerprint density at radius 1 is 1.29 bits per heavy atom. The Balaban J connectivity index is 2.34. The molecule has 3 rings (SSSR count). The molecule has 0 bridgehead atoms. The molecule has 1 amide bonds. The lowest BCUT2D eigenvalue weighted by atomic mass is 10.0. The molecule has 2 N–H and O–H groups in total. The van der Waals surface area contributed by atoms with Crippen molar-refractivity contribution in [3.63, 3.8) is 0 Å². The van der Waals surface area contributed by atoms with Crippen molar-refractivity contribution < 1.29 is 9.53 Å². The highest BCUT2D eigenvalue weighted by Gasteiger charge is 2.25. The first kappa shape index (κ1) is 20.2. The van der Waals surface area contributed by atoms with Crippen molar-refractivity contribution in [2.24, 2.45) is 5.73 Å². The molecule has 0 spiro atoms. The third-order valence-corrected chi connectivity index (χ3v) is 5.90. The van der Waals surface area contributed by atoms with E-state index in [-0.39, 0.29) is 5.56 Å². The van der Waals surface area contributed by atoms with Crippen molar-refractivity contribution in [1.29, 1.82) is 0 Å². The van der Waals surface area contributed by atoms with Crippen molar-refractivity contribution in [1.82, 2.24) is 9.55 Å². The van der Waals surface area contributed by atoms with E-state index in [4.69, 9.17) is 15.5 Å². The molecule has 2 heterocycles. The SMILES string of the molecule is CCC(C(N)=O)n1c(CCOC)nc2sc(C)c(-c3ccc(C)cc3)c2c1=O. The van der Waals surface area contributed by atoms with Gasteiger partial charge in [0, 0.05) is 24.0 Å². The van der Waals surface area contributed by atoms with Crippen LogP contribution in [0, 0.1) is 13.8 Å². The molecule has 2 aromatic heterocycles. The Bertz CT molecular complexity index is 1070. The number of fused-ring (bicyclic) bond motifs is 1. The summed E-state index contributed by atoms with van der Waals surface area (Å²) < 4.78 is 6.63. The van der Waals surface area contributed by atoms with E-state index in [2.05, 4.69) is 0 Å². The number of aryl methyl sites for hydroxylation is 2. The van der Waals surface area contributed by atoms with Gasteiger partial charge in [-0.05, 0) is 25.8 Å². The van der Waals surface area contributed by atoms with Crippen molar-refractivity contribution >= 4 is 27.5 Å². The number of nitrogens with two attached hydrogens (primary N) is 1. The van der Waals surface area contributed by atoms with Gasteiger partial charge in [-0.1, -0.05) is 36.8 Å². The average Bonchev–Trinajstić information content (AvgIpc) is 2.99. The van der Waals surface area contributed by atoms with Crippen LogP contribution in [0.15, 0.2) is 29.1 Å². The van der Waals surface area contributed by atoms with Gasteiger partial charge in [-0.3, -0.25) is 14.2 Å². The lowest BCUT2D eigenvalue weighted by Gasteiger charge is -2.19. The molecule has 1 atom stereocenters. The second-order valence-corrected chi connectivity index (χ2v) is 8.06. The van der Waals surface area contributed by atoms with E-state index >= 15 is 0 Å². The number of carbonyl (C=O) groups excluding carboxylic acids is 1. The fraction of sp³-hybridized carbons (Fsp3) is 0.381. The standard InChI is InChI=1S/C21H25N3O3S/c1-5-15(19(22)25)24-16(10-11-27-4)23-20-18(21(24)26)17(13(3)28-20)14-8-6-12(2)7-9-14/h6-9,15H,5,10-11H2,1-4H3,(H2,22,25). The summed E-state index contributed by atoms with van der Waals surface area (Å²) in [5, 5.41) is 0.548. The number of nitrogens with zero attached hydrogens (tertiary/aromatic N) is 2. The monoisotopic (exact) mass is 399 g/mol. The topological polar surface area (TPSA) is 87.2 Å². The summed E-state index contributed by atoms with van der Waals surface area (Å²) in [6.45, 7) is 6.26. The number of primary amides is 1. The third kappa shape index (κ3) is 3.59. The maximum absolute atomic E-state index is 13.6. The predicted octanol–water partition coefficient (Wildman–Crippen LogP) is 3.37. The number of rotatable bonds is 7. The summed E-state index contributed by atoms with van der Waals surface area (Å²) >= 11 is 1.49. The summed E-state index contributed by atoms with van der Waals surface area (Å²) in [5.41, 5.74) is 8.38. The molecule has 3 aromatic rings. The zero-order chi connectivity index (χ0) is 20.4. The molecule has 0 aliphatic rings. The quantitative estimate of drug-likeness (QED) is 0.660. The van der Waals surface area contributed by atoms with E-state index in [1.54, 1.807) is 7.11 Å².